The Balaban J connectivity index is 5.11. The number of aliphatic hydroxyl groups is 1. The van der Waals surface area contributed by atoms with Crippen LogP contribution < -0.4 is 0 Å². The molecule has 17 nitrogen and oxygen atoms in total. The maximum absolute atomic E-state index is 13.0. The summed E-state index contributed by atoms with van der Waals surface area (Å²) >= 11 is 0. The highest BCUT2D eigenvalue weighted by Crippen LogP contribution is 2.45. The van der Waals surface area contributed by atoms with Crippen LogP contribution in [-0.2, 0) is 65.4 Å². The lowest BCUT2D eigenvalue weighted by molar-refractivity contribution is -0.161. The monoisotopic (exact) mass is 1300 g/mol. The molecule has 0 aliphatic heterocycles. The average Bonchev–Trinajstić information content (AvgIpc) is 3.59. The standard InChI is InChI=1S/C69H134O17P2/c1-8-11-12-33-43-50-66(71)79-56-64(86-69(74)53-46-39-32-31-36-42-49-62(7)10-3)58-83-87(75,76)81-54-63(70)55-82-88(77,78)84-59-65(57-80-67(72)51-44-37-29-26-25-28-35-41-48-61(6)9-2)85-68(73)52-45-38-30-24-22-20-18-16-14-13-15-17-19-21-23-27-34-40-47-60(4)5/h60-65,70H,8-59H2,1-7H3,(H,75,76)(H,77,78)/t61?,62?,63-,64+,65+/m0/s1. The minimum Gasteiger partial charge on any atom is -0.462 e. The van der Waals surface area contributed by atoms with Crippen molar-refractivity contribution in [1.82, 2.24) is 0 Å². The van der Waals surface area contributed by atoms with E-state index in [-0.39, 0.29) is 25.7 Å². The number of esters is 4. The van der Waals surface area contributed by atoms with Crippen LogP contribution in [-0.4, -0.2) is 96.7 Å². The number of rotatable bonds is 67. The quantitative estimate of drug-likeness (QED) is 0.0222. The molecule has 88 heavy (non-hydrogen) atoms. The van der Waals surface area contributed by atoms with E-state index >= 15 is 0 Å². The molecule has 0 rings (SSSR count). The second-order valence-electron chi connectivity index (χ2n) is 25.9. The highest BCUT2D eigenvalue weighted by atomic mass is 31.2. The molecule has 7 atom stereocenters. The van der Waals surface area contributed by atoms with E-state index in [4.69, 9.17) is 37.0 Å². The second-order valence-corrected chi connectivity index (χ2v) is 28.8. The van der Waals surface area contributed by atoms with Gasteiger partial charge >= 0.3 is 39.5 Å². The van der Waals surface area contributed by atoms with Crippen molar-refractivity contribution in [2.75, 3.05) is 39.6 Å². The molecule has 0 aromatic rings. The molecular weight excluding hydrogens is 1160 g/mol. The second kappa shape index (κ2) is 60.0. The number of hydrogen-bond donors (Lipinski definition) is 3. The van der Waals surface area contributed by atoms with E-state index in [2.05, 4.69) is 48.5 Å². The number of carbonyl (C=O) groups is 4. The SMILES string of the molecule is CCCCCCCC(=O)OC[C@H](COP(=O)(O)OC[C@H](O)COP(=O)(O)OC[C@@H](COC(=O)CCCCCCCCCCC(C)CC)OC(=O)CCCCCCCCCCCCCCCCCCCCC(C)C)OC(=O)CCCCCCCCC(C)CC. The summed E-state index contributed by atoms with van der Waals surface area (Å²) in [6.07, 6.45) is 43.6. The highest BCUT2D eigenvalue weighted by molar-refractivity contribution is 7.47. The van der Waals surface area contributed by atoms with Crippen LogP contribution in [0.5, 0.6) is 0 Å². The third kappa shape index (κ3) is 60.3. The van der Waals surface area contributed by atoms with Crippen molar-refractivity contribution in [1.29, 1.82) is 0 Å². The van der Waals surface area contributed by atoms with Crippen LogP contribution in [0.2, 0.25) is 0 Å². The molecule has 19 heteroatoms. The molecule has 522 valence electrons. The fourth-order valence-corrected chi connectivity index (χ4v) is 11.9. The first-order valence-corrected chi connectivity index (χ1v) is 38.9. The van der Waals surface area contributed by atoms with Gasteiger partial charge in [-0.05, 0) is 43.4 Å². The average molecular weight is 1300 g/mol. The number of phosphoric ester groups is 2. The van der Waals surface area contributed by atoms with Crippen molar-refractivity contribution in [3.05, 3.63) is 0 Å². The van der Waals surface area contributed by atoms with Gasteiger partial charge in [0.25, 0.3) is 0 Å². The summed E-state index contributed by atoms with van der Waals surface area (Å²) in [4.78, 5) is 72.2. The molecule has 0 aliphatic carbocycles. The fourth-order valence-electron chi connectivity index (χ4n) is 10.3. The molecule has 0 saturated carbocycles. The minimum atomic E-state index is -4.95. The molecule has 0 spiro atoms. The molecule has 0 heterocycles. The van der Waals surface area contributed by atoms with Crippen LogP contribution in [0.1, 0.15) is 344 Å². The van der Waals surface area contributed by atoms with Crippen LogP contribution in [0.25, 0.3) is 0 Å². The van der Waals surface area contributed by atoms with E-state index in [0.717, 1.165) is 114 Å². The predicted molar refractivity (Wildman–Crippen MR) is 354 cm³/mol. The van der Waals surface area contributed by atoms with Crippen LogP contribution in [0.3, 0.4) is 0 Å². The number of aliphatic hydroxyl groups excluding tert-OH is 1. The van der Waals surface area contributed by atoms with Gasteiger partial charge in [-0.25, -0.2) is 9.13 Å². The Kier molecular flexibility index (Phi) is 58.7. The summed E-state index contributed by atoms with van der Waals surface area (Å²) in [5, 5.41) is 10.5. The van der Waals surface area contributed by atoms with E-state index in [0.29, 0.717) is 25.7 Å². The van der Waals surface area contributed by atoms with Crippen LogP contribution in [0, 0.1) is 17.8 Å². The maximum atomic E-state index is 13.0. The lowest BCUT2D eigenvalue weighted by Gasteiger charge is -2.21. The van der Waals surface area contributed by atoms with Crippen LogP contribution in [0.15, 0.2) is 0 Å². The van der Waals surface area contributed by atoms with Crippen molar-refractivity contribution in [3.63, 3.8) is 0 Å². The Morgan fingerprint density at radius 3 is 0.864 bits per heavy atom. The molecule has 0 aliphatic rings. The molecule has 0 bridgehead atoms. The Morgan fingerprint density at radius 1 is 0.330 bits per heavy atom. The number of phosphoric acid groups is 2. The van der Waals surface area contributed by atoms with Gasteiger partial charge in [-0.15, -0.1) is 0 Å². The van der Waals surface area contributed by atoms with E-state index in [9.17, 15) is 43.2 Å². The molecule has 0 radical (unpaired) electrons. The van der Waals surface area contributed by atoms with Crippen LogP contribution in [0.4, 0.5) is 0 Å². The summed E-state index contributed by atoms with van der Waals surface area (Å²) in [5.41, 5.74) is 0. The van der Waals surface area contributed by atoms with Gasteiger partial charge in [-0.3, -0.25) is 37.3 Å². The first kappa shape index (κ1) is 86.1. The minimum absolute atomic E-state index is 0.102. The van der Waals surface area contributed by atoms with Gasteiger partial charge in [-0.1, -0.05) is 292 Å². The molecular formula is C69H134O17P2. The van der Waals surface area contributed by atoms with Gasteiger partial charge in [0.15, 0.2) is 12.2 Å². The summed E-state index contributed by atoms with van der Waals surface area (Å²) in [7, 11) is -9.89. The Hall–Kier alpha value is -1.94. The lowest BCUT2D eigenvalue weighted by Crippen LogP contribution is -2.30. The normalized spacial score (nSPS) is 14.9. The first-order valence-electron chi connectivity index (χ1n) is 35.9. The number of hydrogen-bond acceptors (Lipinski definition) is 15. The summed E-state index contributed by atoms with van der Waals surface area (Å²) in [6.45, 7) is 11.7. The van der Waals surface area contributed by atoms with E-state index in [1.807, 2.05) is 0 Å². The van der Waals surface area contributed by atoms with Crippen molar-refractivity contribution in [3.8, 4) is 0 Å². The molecule has 0 fully saturated rings. The van der Waals surface area contributed by atoms with Crippen molar-refractivity contribution in [2.24, 2.45) is 17.8 Å². The summed E-state index contributed by atoms with van der Waals surface area (Å²) in [6, 6.07) is 0. The molecule has 3 N–H and O–H groups in total. The number of ether oxygens (including phenoxy) is 4. The van der Waals surface area contributed by atoms with Gasteiger partial charge in [0.05, 0.1) is 26.4 Å². The molecule has 4 unspecified atom stereocenters. The van der Waals surface area contributed by atoms with E-state index < -0.39 is 97.5 Å². The van der Waals surface area contributed by atoms with Gasteiger partial charge in [0.2, 0.25) is 0 Å². The third-order valence-electron chi connectivity index (χ3n) is 16.6. The largest absolute Gasteiger partial charge is 0.472 e. The molecule has 0 amide bonds. The maximum Gasteiger partial charge on any atom is 0.472 e. The lowest BCUT2D eigenvalue weighted by atomic mass is 9.99. The number of carbonyl (C=O) groups excluding carboxylic acids is 4. The summed E-state index contributed by atoms with van der Waals surface area (Å²) < 4.78 is 68.0. The Morgan fingerprint density at radius 2 is 0.580 bits per heavy atom. The predicted octanol–water partition coefficient (Wildman–Crippen LogP) is 19.5. The summed E-state index contributed by atoms with van der Waals surface area (Å²) in [5.74, 6) is 0.176. The van der Waals surface area contributed by atoms with E-state index in [1.165, 1.54) is 148 Å². The first-order chi connectivity index (χ1) is 42.3. The van der Waals surface area contributed by atoms with Crippen molar-refractivity contribution < 1.29 is 80.2 Å². The number of unbranched alkanes of at least 4 members (excludes halogenated alkanes) is 33. The van der Waals surface area contributed by atoms with Gasteiger partial charge < -0.3 is 33.8 Å². The van der Waals surface area contributed by atoms with Crippen LogP contribution >= 0.6 is 15.6 Å². The Bertz CT molecular complexity index is 1740. The zero-order chi connectivity index (χ0) is 65.2. The zero-order valence-corrected chi connectivity index (χ0v) is 59.0. The third-order valence-corrected chi connectivity index (χ3v) is 18.5. The van der Waals surface area contributed by atoms with Gasteiger partial charge in [0, 0.05) is 25.7 Å². The molecule has 0 saturated heterocycles. The highest BCUT2D eigenvalue weighted by Gasteiger charge is 2.30. The van der Waals surface area contributed by atoms with Crippen molar-refractivity contribution in [2.45, 2.75) is 362 Å². The van der Waals surface area contributed by atoms with E-state index in [1.54, 1.807) is 0 Å². The fraction of sp³-hybridized carbons (Fsp3) is 0.942. The topological polar surface area (TPSA) is 237 Å². The zero-order valence-electron chi connectivity index (χ0n) is 57.2. The van der Waals surface area contributed by atoms with Gasteiger partial charge in [0.1, 0.15) is 19.3 Å². The Labute approximate surface area is 537 Å². The van der Waals surface area contributed by atoms with Crippen molar-refractivity contribution >= 4 is 39.5 Å². The molecule has 0 aromatic carbocycles. The smallest absolute Gasteiger partial charge is 0.462 e. The van der Waals surface area contributed by atoms with Gasteiger partial charge in [-0.2, -0.15) is 0 Å². The molecule has 0 aromatic heterocycles.